The topological polar surface area (TPSA) is 67.3 Å². The molecule has 150 valence electrons. The summed E-state index contributed by atoms with van der Waals surface area (Å²) in [6.07, 6.45) is 3.14. The van der Waals surface area contributed by atoms with E-state index < -0.39 is 0 Å². The standard InChI is InChI=1S/C23H26N4O2/c1-17(2)27(16-18-9-5-4-6-10-18)22(28)20-14-25-23(26-15-20)24-13-19-11-7-8-12-21(19)29-3/h4-12,14-15,17H,13,16H2,1-3H3,(H,24,25,26). The summed E-state index contributed by atoms with van der Waals surface area (Å²) in [6, 6.07) is 17.8. The zero-order chi connectivity index (χ0) is 20.6. The molecular formula is C23H26N4O2. The number of hydrogen-bond acceptors (Lipinski definition) is 5. The molecule has 0 saturated heterocycles. The Hall–Kier alpha value is -3.41. The first-order valence-corrected chi connectivity index (χ1v) is 9.61. The second kappa shape index (κ2) is 9.68. The van der Waals surface area contributed by atoms with Crippen molar-refractivity contribution in [1.82, 2.24) is 14.9 Å². The first-order valence-electron chi connectivity index (χ1n) is 9.61. The van der Waals surface area contributed by atoms with Crippen molar-refractivity contribution in [3.8, 4) is 5.75 Å². The molecule has 1 N–H and O–H groups in total. The molecule has 0 bridgehead atoms. The minimum Gasteiger partial charge on any atom is -0.496 e. The van der Waals surface area contributed by atoms with Gasteiger partial charge in [0.2, 0.25) is 5.95 Å². The zero-order valence-electron chi connectivity index (χ0n) is 17.0. The van der Waals surface area contributed by atoms with Crippen LogP contribution in [0.4, 0.5) is 5.95 Å². The maximum absolute atomic E-state index is 13.0. The van der Waals surface area contributed by atoms with E-state index in [2.05, 4.69) is 15.3 Å². The lowest BCUT2D eigenvalue weighted by atomic mass is 10.1. The minimum atomic E-state index is -0.0832. The van der Waals surface area contributed by atoms with Crippen LogP contribution in [0.2, 0.25) is 0 Å². The Morgan fingerprint density at radius 3 is 2.34 bits per heavy atom. The lowest BCUT2D eigenvalue weighted by molar-refractivity contribution is 0.0689. The molecular weight excluding hydrogens is 364 g/mol. The van der Waals surface area contributed by atoms with Crippen molar-refractivity contribution in [3.63, 3.8) is 0 Å². The van der Waals surface area contributed by atoms with Crippen molar-refractivity contribution in [2.24, 2.45) is 0 Å². The van der Waals surface area contributed by atoms with Gasteiger partial charge in [-0.2, -0.15) is 0 Å². The average Bonchev–Trinajstić information content (AvgIpc) is 2.76. The fourth-order valence-electron chi connectivity index (χ4n) is 2.99. The molecule has 2 aromatic carbocycles. The highest BCUT2D eigenvalue weighted by molar-refractivity contribution is 5.93. The molecule has 1 aromatic heterocycles. The van der Waals surface area contributed by atoms with Gasteiger partial charge in [0.25, 0.3) is 5.91 Å². The molecule has 0 fully saturated rings. The smallest absolute Gasteiger partial charge is 0.257 e. The first-order chi connectivity index (χ1) is 14.1. The Morgan fingerprint density at radius 2 is 1.69 bits per heavy atom. The Morgan fingerprint density at radius 1 is 1.03 bits per heavy atom. The second-order valence-electron chi connectivity index (χ2n) is 6.97. The molecule has 0 atom stereocenters. The van der Waals surface area contributed by atoms with E-state index in [0.717, 1.165) is 16.9 Å². The van der Waals surface area contributed by atoms with Gasteiger partial charge in [-0.3, -0.25) is 4.79 Å². The molecule has 0 spiro atoms. The summed E-state index contributed by atoms with van der Waals surface area (Å²) >= 11 is 0. The fraction of sp³-hybridized carbons (Fsp3) is 0.261. The number of amides is 1. The number of anilines is 1. The highest BCUT2D eigenvalue weighted by Gasteiger charge is 2.20. The van der Waals surface area contributed by atoms with Crippen molar-refractivity contribution in [1.29, 1.82) is 0 Å². The van der Waals surface area contributed by atoms with Gasteiger partial charge in [-0.1, -0.05) is 48.5 Å². The van der Waals surface area contributed by atoms with Crippen LogP contribution in [0.5, 0.6) is 5.75 Å². The number of methoxy groups -OCH3 is 1. The van der Waals surface area contributed by atoms with Gasteiger partial charge in [-0.15, -0.1) is 0 Å². The molecule has 6 nitrogen and oxygen atoms in total. The van der Waals surface area contributed by atoms with E-state index in [1.807, 2.05) is 73.3 Å². The summed E-state index contributed by atoms with van der Waals surface area (Å²) < 4.78 is 5.35. The normalized spacial score (nSPS) is 10.6. The summed E-state index contributed by atoms with van der Waals surface area (Å²) in [5.41, 5.74) is 2.57. The molecule has 3 rings (SSSR count). The highest BCUT2D eigenvalue weighted by Crippen LogP contribution is 2.18. The predicted octanol–water partition coefficient (Wildman–Crippen LogP) is 4.15. The third-order valence-corrected chi connectivity index (χ3v) is 4.61. The van der Waals surface area contributed by atoms with E-state index >= 15 is 0 Å². The van der Waals surface area contributed by atoms with Gasteiger partial charge < -0.3 is 15.0 Å². The molecule has 1 amide bonds. The van der Waals surface area contributed by atoms with Crippen LogP contribution in [-0.2, 0) is 13.1 Å². The van der Waals surface area contributed by atoms with E-state index in [-0.39, 0.29) is 11.9 Å². The third kappa shape index (κ3) is 5.31. The Bertz CT molecular complexity index is 927. The SMILES string of the molecule is COc1ccccc1CNc1ncc(C(=O)N(Cc2ccccc2)C(C)C)cn1. The molecule has 0 unspecified atom stereocenters. The van der Waals surface area contributed by atoms with Gasteiger partial charge in [-0.05, 0) is 25.5 Å². The summed E-state index contributed by atoms with van der Waals surface area (Å²) in [6.45, 7) is 5.09. The summed E-state index contributed by atoms with van der Waals surface area (Å²) in [4.78, 5) is 23.4. The summed E-state index contributed by atoms with van der Waals surface area (Å²) in [5, 5.41) is 3.17. The Kier molecular flexibility index (Phi) is 6.79. The molecule has 29 heavy (non-hydrogen) atoms. The number of nitrogens with zero attached hydrogens (tertiary/aromatic N) is 3. The van der Waals surface area contributed by atoms with Gasteiger partial charge in [0.1, 0.15) is 5.75 Å². The molecule has 0 aliphatic rings. The molecule has 0 radical (unpaired) electrons. The van der Waals surface area contributed by atoms with Crippen LogP contribution in [0.1, 0.15) is 35.3 Å². The number of benzene rings is 2. The van der Waals surface area contributed by atoms with Gasteiger partial charge >= 0.3 is 0 Å². The van der Waals surface area contributed by atoms with Crippen LogP contribution in [0, 0.1) is 0 Å². The van der Waals surface area contributed by atoms with Crippen LogP contribution in [-0.4, -0.2) is 33.9 Å². The molecule has 0 aliphatic heterocycles. The van der Waals surface area contributed by atoms with Gasteiger partial charge in [0.05, 0.1) is 12.7 Å². The predicted molar refractivity (Wildman–Crippen MR) is 114 cm³/mol. The number of para-hydroxylation sites is 1. The van der Waals surface area contributed by atoms with Crippen LogP contribution >= 0.6 is 0 Å². The number of nitrogens with one attached hydrogen (secondary N) is 1. The molecule has 0 saturated carbocycles. The van der Waals surface area contributed by atoms with Crippen molar-refractivity contribution in [2.45, 2.75) is 33.0 Å². The maximum atomic E-state index is 13.0. The third-order valence-electron chi connectivity index (χ3n) is 4.61. The van der Waals surface area contributed by atoms with Crippen molar-refractivity contribution < 1.29 is 9.53 Å². The molecule has 1 heterocycles. The molecule has 3 aromatic rings. The average molecular weight is 390 g/mol. The van der Waals surface area contributed by atoms with E-state index in [1.54, 1.807) is 19.5 Å². The zero-order valence-corrected chi connectivity index (χ0v) is 17.0. The van der Waals surface area contributed by atoms with Crippen LogP contribution in [0.15, 0.2) is 67.0 Å². The van der Waals surface area contributed by atoms with Gasteiger partial charge in [0.15, 0.2) is 0 Å². The van der Waals surface area contributed by atoms with Crippen molar-refractivity contribution >= 4 is 11.9 Å². The first kappa shape index (κ1) is 20.3. The minimum absolute atomic E-state index is 0.0612. The van der Waals surface area contributed by atoms with Crippen molar-refractivity contribution in [3.05, 3.63) is 83.7 Å². The largest absolute Gasteiger partial charge is 0.496 e. The number of carbonyl (C=O) groups is 1. The molecule has 6 heteroatoms. The lowest BCUT2D eigenvalue weighted by Crippen LogP contribution is -2.36. The summed E-state index contributed by atoms with van der Waals surface area (Å²) in [7, 11) is 1.64. The molecule has 0 aliphatic carbocycles. The van der Waals surface area contributed by atoms with E-state index in [4.69, 9.17) is 4.74 Å². The van der Waals surface area contributed by atoms with Crippen molar-refractivity contribution in [2.75, 3.05) is 12.4 Å². The number of carbonyl (C=O) groups excluding carboxylic acids is 1. The van der Waals surface area contributed by atoms with Gasteiger partial charge in [0, 0.05) is 37.1 Å². The Balaban J connectivity index is 1.67. The van der Waals surface area contributed by atoms with Crippen LogP contribution in [0.25, 0.3) is 0 Å². The second-order valence-corrected chi connectivity index (χ2v) is 6.97. The fourth-order valence-corrected chi connectivity index (χ4v) is 2.99. The van der Waals surface area contributed by atoms with Gasteiger partial charge in [-0.25, -0.2) is 9.97 Å². The van der Waals surface area contributed by atoms with E-state index in [0.29, 0.717) is 24.6 Å². The maximum Gasteiger partial charge on any atom is 0.257 e. The van der Waals surface area contributed by atoms with Crippen LogP contribution in [0.3, 0.4) is 0 Å². The quantitative estimate of drug-likeness (QED) is 0.626. The Labute approximate surface area is 171 Å². The lowest BCUT2D eigenvalue weighted by Gasteiger charge is -2.26. The number of ether oxygens (including phenoxy) is 1. The highest BCUT2D eigenvalue weighted by atomic mass is 16.5. The number of aromatic nitrogens is 2. The van der Waals surface area contributed by atoms with E-state index in [9.17, 15) is 4.79 Å². The number of hydrogen-bond donors (Lipinski definition) is 1. The number of rotatable bonds is 8. The van der Waals surface area contributed by atoms with Crippen LogP contribution < -0.4 is 10.1 Å². The van der Waals surface area contributed by atoms with E-state index in [1.165, 1.54) is 0 Å². The monoisotopic (exact) mass is 390 g/mol. The summed E-state index contributed by atoms with van der Waals surface area (Å²) in [5.74, 6) is 1.19.